The van der Waals surface area contributed by atoms with Crippen LogP contribution >= 0.6 is 0 Å². The van der Waals surface area contributed by atoms with Gasteiger partial charge in [-0.3, -0.25) is 0 Å². The first-order valence-corrected chi connectivity index (χ1v) is 7.98. The van der Waals surface area contributed by atoms with E-state index in [0.717, 1.165) is 0 Å². The summed E-state index contributed by atoms with van der Waals surface area (Å²) in [5.74, 6) is 2.26. The summed E-state index contributed by atoms with van der Waals surface area (Å²) in [6.45, 7) is 13.6. The second kappa shape index (κ2) is 6.38. The molecule has 0 fully saturated rings. The first-order chi connectivity index (χ1) is 9.93. The van der Waals surface area contributed by atoms with Gasteiger partial charge in [-0.05, 0) is 31.9 Å². The smallest absolute Gasteiger partial charge is 0.141 e. The Kier molecular flexibility index (Phi) is 4.76. The molecule has 0 saturated heterocycles. The van der Waals surface area contributed by atoms with Gasteiger partial charge in [0.15, 0.2) is 24.1 Å². The molecule has 112 valence electrons. The standard InChI is InChI=1S/C19H28N2/c1-14(2)17-10-9-13-21(19(17)15(3)4)18-11-7-8-12-20(18)16(5)6/h7-16H,1-6H3/q+2. The maximum absolute atomic E-state index is 2.36. The van der Waals surface area contributed by atoms with E-state index in [1.165, 1.54) is 17.1 Å². The van der Waals surface area contributed by atoms with E-state index in [9.17, 15) is 0 Å². The van der Waals surface area contributed by atoms with Gasteiger partial charge in [-0.2, -0.15) is 0 Å². The molecule has 2 rings (SSSR count). The van der Waals surface area contributed by atoms with Crippen molar-refractivity contribution in [1.82, 2.24) is 0 Å². The average molecular weight is 284 g/mol. The van der Waals surface area contributed by atoms with Gasteiger partial charge in [0.25, 0.3) is 0 Å². The van der Waals surface area contributed by atoms with Crippen molar-refractivity contribution < 1.29 is 9.13 Å². The summed E-state index contributed by atoms with van der Waals surface area (Å²) in [5, 5.41) is 0. The fourth-order valence-electron chi connectivity index (χ4n) is 2.92. The molecule has 0 bridgehead atoms. The van der Waals surface area contributed by atoms with Gasteiger partial charge >= 0.3 is 5.82 Å². The predicted molar refractivity (Wildman–Crippen MR) is 86.7 cm³/mol. The van der Waals surface area contributed by atoms with Crippen molar-refractivity contribution in [2.75, 3.05) is 0 Å². The van der Waals surface area contributed by atoms with Crippen LogP contribution in [0.15, 0.2) is 42.7 Å². The number of nitrogens with zero attached hydrogens (tertiary/aromatic N) is 2. The molecular weight excluding hydrogens is 256 g/mol. The van der Waals surface area contributed by atoms with Gasteiger partial charge < -0.3 is 0 Å². The van der Waals surface area contributed by atoms with Crippen LogP contribution in [0.1, 0.15) is 70.7 Å². The molecule has 2 aromatic heterocycles. The Labute approximate surface area is 129 Å². The van der Waals surface area contributed by atoms with Crippen molar-refractivity contribution >= 4 is 0 Å². The highest BCUT2D eigenvalue weighted by Gasteiger charge is 2.29. The largest absolute Gasteiger partial charge is 0.449 e. The minimum Gasteiger partial charge on any atom is -0.141 e. The lowest BCUT2D eigenvalue weighted by atomic mass is 9.95. The number of aromatic nitrogens is 2. The Balaban J connectivity index is 2.73. The Morgan fingerprint density at radius 2 is 1.48 bits per heavy atom. The second-order valence-corrected chi connectivity index (χ2v) is 6.59. The molecule has 0 aliphatic rings. The van der Waals surface area contributed by atoms with Gasteiger partial charge in [0.1, 0.15) is 0 Å². The van der Waals surface area contributed by atoms with Gasteiger partial charge in [0, 0.05) is 23.6 Å². The molecule has 21 heavy (non-hydrogen) atoms. The second-order valence-electron chi connectivity index (χ2n) is 6.59. The van der Waals surface area contributed by atoms with Crippen molar-refractivity contribution in [2.45, 2.75) is 59.4 Å². The molecule has 0 radical (unpaired) electrons. The zero-order chi connectivity index (χ0) is 15.6. The Bertz CT molecular complexity index is 613. The topological polar surface area (TPSA) is 7.76 Å². The third-order valence-electron chi connectivity index (χ3n) is 3.91. The van der Waals surface area contributed by atoms with Crippen molar-refractivity contribution in [3.8, 4) is 5.82 Å². The van der Waals surface area contributed by atoms with Gasteiger partial charge in [-0.1, -0.05) is 27.7 Å². The van der Waals surface area contributed by atoms with Crippen molar-refractivity contribution in [3.63, 3.8) is 0 Å². The van der Waals surface area contributed by atoms with Crippen LogP contribution in [0.4, 0.5) is 0 Å². The molecule has 2 heterocycles. The van der Waals surface area contributed by atoms with E-state index in [1.54, 1.807) is 0 Å². The van der Waals surface area contributed by atoms with Crippen LogP contribution in [-0.4, -0.2) is 0 Å². The number of pyridine rings is 2. The minimum absolute atomic E-state index is 0.441. The Morgan fingerprint density at radius 1 is 0.762 bits per heavy atom. The van der Waals surface area contributed by atoms with Crippen LogP contribution in [-0.2, 0) is 0 Å². The third-order valence-corrected chi connectivity index (χ3v) is 3.91. The summed E-state index contributed by atoms with van der Waals surface area (Å²) in [4.78, 5) is 0. The molecule has 0 amide bonds. The van der Waals surface area contributed by atoms with Crippen LogP contribution in [0.5, 0.6) is 0 Å². The van der Waals surface area contributed by atoms with Gasteiger partial charge in [-0.15, -0.1) is 9.13 Å². The highest BCUT2D eigenvalue weighted by Crippen LogP contribution is 2.23. The number of hydrogen-bond donors (Lipinski definition) is 0. The first kappa shape index (κ1) is 15.7. The van der Waals surface area contributed by atoms with Crippen LogP contribution in [0.3, 0.4) is 0 Å². The Hall–Kier alpha value is -1.70. The number of hydrogen-bond acceptors (Lipinski definition) is 0. The van der Waals surface area contributed by atoms with Gasteiger partial charge in [-0.25, -0.2) is 0 Å². The molecule has 0 unspecified atom stereocenters. The minimum atomic E-state index is 0.441. The highest BCUT2D eigenvalue weighted by molar-refractivity contribution is 5.23. The molecule has 0 aliphatic heterocycles. The van der Waals surface area contributed by atoms with E-state index in [0.29, 0.717) is 17.9 Å². The number of rotatable bonds is 4. The fraction of sp³-hybridized carbons (Fsp3) is 0.474. The summed E-state index contributed by atoms with van der Waals surface area (Å²) >= 11 is 0. The molecule has 0 aromatic carbocycles. The summed E-state index contributed by atoms with van der Waals surface area (Å²) < 4.78 is 4.69. The lowest BCUT2D eigenvalue weighted by molar-refractivity contribution is -0.806. The van der Waals surface area contributed by atoms with Crippen molar-refractivity contribution in [1.29, 1.82) is 0 Å². The molecular formula is C19H28N2+2. The third kappa shape index (κ3) is 3.15. The van der Waals surface area contributed by atoms with Crippen molar-refractivity contribution in [2.24, 2.45) is 0 Å². The average Bonchev–Trinajstić information content (AvgIpc) is 2.46. The normalized spacial score (nSPS) is 11.7. The zero-order valence-electron chi connectivity index (χ0n) is 14.2. The van der Waals surface area contributed by atoms with Crippen molar-refractivity contribution in [3.05, 3.63) is 54.0 Å². The van der Waals surface area contributed by atoms with Crippen LogP contribution in [0.25, 0.3) is 5.82 Å². The van der Waals surface area contributed by atoms with E-state index >= 15 is 0 Å². The zero-order valence-corrected chi connectivity index (χ0v) is 14.2. The first-order valence-electron chi connectivity index (χ1n) is 7.98. The highest BCUT2D eigenvalue weighted by atomic mass is 15.2. The van der Waals surface area contributed by atoms with Crippen LogP contribution in [0, 0.1) is 0 Å². The molecule has 0 N–H and O–H groups in total. The van der Waals surface area contributed by atoms with Crippen LogP contribution < -0.4 is 9.13 Å². The van der Waals surface area contributed by atoms with Crippen LogP contribution in [0.2, 0.25) is 0 Å². The quantitative estimate of drug-likeness (QED) is 0.747. The van der Waals surface area contributed by atoms with E-state index in [-0.39, 0.29) is 0 Å². The lowest BCUT2D eigenvalue weighted by Crippen LogP contribution is -2.52. The molecule has 2 nitrogen and oxygen atoms in total. The monoisotopic (exact) mass is 284 g/mol. The maximum Gasteiger partial charge on any atom is 0.449 e. The predicted octanol–water partition coefficient (Wildman–Crippen LogP) is 4.08. The maximum atomic E-state index is 2.36. The summed E-state index contributed by atoms with van der Waals surface area (Å²) in [7, 11) is 0. The van der Waals surface area contributed by atoms with E-state index in [2.05, 4.69) is 93.4 Å². The van der Waals surface area contributed by atoms with E-state index in [1.807, 2.05) is 0 Å². The summed E-state index contributed by atoms with van der Waals surface area (Å²) in [6.07, 6.45) is 4.36. The SMILES string of the molecule is CC(C)c1ccc[n+](-c2cccc[n+]2C(C)C)c1C(C)C. The molecule has 2 aromatic rings. The molecule has 0 aliphatic carbocycles. The van der Waals surface area contributed by atoms with Gasteiger partial charge in [0.05, 0.1) is 6.07 Å². The van der Waals surface area contributed by atoms with E-state index < -0.39 is 0 Å². The van der Waals surface area contributed by atoms with Gasteiger partial charge in [0.2, 0.25) is 0 Å². The molecule has 2 heteroatoms. The molecule has 0 atom stereocenters. The molecule has 0 spiro atoms. The molecule has 0 saturated carbocycles. The lowest BCUT2D eigenvalue weighted by Gasteiger charge is -2.13. The Morgan fingerprint density at radius 3 is 2.05 bits per heavy atom. The van der Waals surface area contributed by atoms with E-state index in [4.69, 9.17) is 0 Å². The summed E-state index contributed by atoms with van der Waals surface area (Å²) in [6, 6.07) is 11.3. The summed E-state index contributed by atoms with van der Waals surface area (Å²) in [5.41, 5.74) is 2.85. The fourth-order valence-corrected chi connectivity index (χ4v) is 2.92.